The number of anilines is 1. The van der Waals surface area contributed by atoms with Crippen molar-refractivity contribution in [3.05, 3.63) is 83.7 Å². The average molecular weight is 435 g/mol. The number of nitrogens with one attached hydrogen (secondary N) is 1. The van der Waals surface area contributed by atoms with Crippen LogP contribution < -0.4 is 5.32 Å². The molecule has 0 unspecified atom stereocenters. The molecule has 0 bridgehead atoms. The zero-order valence-electron chi connectivity index (χ0n) is 17.5. The second-order valence-electron chi connectivity index (χ2n) is 9.09. The van der Waals surface area contributed by atoms with Crippen LogP contribution in [-0.4, -0.2) is 40.7 Å². The molecule has 1 N–H and O–H groups in total. The molecule has 3 aliphatic rings. The summed E-state index contributed by atoms with van der Waals surface area (Å²) < 4.78 is 35.8. The van der Waals surface area contributed by atoms with Gasteiger partial charge in [0.1, 0.15) is 17.2 Å². The van der Waals surface area contributed by atoms with Crippen LogP contribution in [0.3, 0.4) is 0 Å². The first kappa shape index (κ1) is 19.5. The zero-order valence-corrected chi connectivity index (χ0v) is 17.5. The van der Waals surface area contributed by atoms with Crippen LogP contribution in [0.15, 0.2) is 60.8 Å². The van der Waals surface area contributed by atoms with Crippen molar-refractivity contribution in [2.24, 2.45) is 0 Å². The van der Waals surface area contributed by atoms with Crippen molar-refractivity contribution in [2.45, 2.75) is 30.4 Å². The molecule has 0 saturated carbocycles. The first-order chi connectivity index (χ1) is 15.5. The van der Waals surface area contributed by atoms with E-state index in [-0.39, 0.29) is 22.6 Å². The number of piperidine rings is 1. The maximum atomic E-state index is 13.6. The van der Waals surface area contributed by atoms with Gasteiger partial charge in [0.05, 0.1) is 29.3 Å². The molecule has 1 aromatic heterocycles. The van der Waals surface area contributed by atoms with E-state index < -0.39 is 11.6 Å². The van der Waals surface area contributed by atoms with Gasteiger partial charge in [-0.15, -0.1) is 0 Å². The van der Waals surface area contributed by atoms with Crippen molar-refractivity contribution < 1.29 is 18.3 Å². The summed E-state index contributed by atoms with van der Waals surface area (Å²) in [5, 5.41) is 3.75. The molecule has 3 aromatic rings. The molecule has 2 spiro atoms. The van der Waals surface area contributed by atoms with Gasteiger partial charge in [0, 0.05) is 37.3 Å². The fourth-order valence-electron chi connectivity index (χ4n) is 5.56. The molecule has 2 aromatic carbocycles. The van der Waals surface area contributed by atoms with Gasteiger partial charge >= 0.3 is 0 Å². The van der Waals surface area contributed by atoms with Crippen LogP contribution in [0.4, 0.5) is 14.5 Å². The molecule has 2 fully saturated rings. The van der Waals surface area contributed by atoms with Crippen molar-refractivity contribution in [2.75, 3.05) is 25.0 Å². The van der Waals surface area contributed by atoms with Gasteiger partial charge < -0.3 is 19.5 Å². The van der Waals surface area contributed by atoms with Gasteiger partial charge in [-0.25, -0.2) is 8.78 Å². The van der Waals surface area contributed by atoms with Gasteiger partial charge in [-0.1, -0.05) is 12.1 Å². The van der Waals surface area contributed by atoms with Crippen LogP contribution in [0, 0.1) is 11.6 Å². The average Bonchev–Trinajstić information content (AvgIpc) is 3.41. The summed E-state index contributed by atoms with van der Waals surface area (Å²) in [7, 11) is 0. The van der Waals surface area contributed by atoms with Crippen molar-refractivity contribution in [1.82, 2.24) is 9.47 Å². The summed E-state index contributed by atoms with van der Waals surface area (Å²) in [6, 6.07) is 15.4. The maximum absolute atomic E-state index is 13.6. The molecule has 3 aliphatic heterocycles. The minimum atomic E-state index is -0.741. The molecule has 32 heavy (non-hydrogen) atoms. The van der Waals surface area contributed by atoms with E-state index in [0.717, 1.165) is 36.0 Å². The van der Waals surface area contributed by atoms with E-state index >= 15 is 0 Å². The minimum absolute atomic E-state index is 0.0469. The molecule has 4 heterocycles. The predicted octanol–water partition coefficient (Wildman–Crippen LogP) is 4.47. The Bertz CT molecular complexity index is 1200. The Balaban J connectivity index is 1.22. The second-order valence-corrected chi connectivity index (χ2v) is 9.09. The van der Waals surface area contributed by atoms with Gasteiger partial charge in [0.15, 0.2) is 0 Å². The minimum Gasteiger partial charge on any atom is -0.372 e. The van der Waals surface area contributed by atoms with Gasteiger partial charge in [0.25, 0.3) is 5.91 Å². The number of hydrogen-bond donors (Lipinski definition) is 1. The molecular weight excluding hydrogens is 412 g/mol. The van der Waals surface area contributed by atoms with Crippen LogP contribution >= 0.6 is 0 Å². The smallest absolute Gasteiger partial charge is 0.254 e. The fraction of sp³-hybridized carbons (Fsp3) is 0.320. The Kier molecular flexibility index (Phi) is 4.21. The van der Waals surface area contributed by atoms with E-state index in [1.807, 2.05) is 12.1 Å². The number of fused-ring (bicyclic) bond motifs is 4. The summed E-state index contributed by atoms with van der Waals surface area (Å²) >= 11 is 0. The third kappa shape index (κ3) is 2.95. The molecule has 7 heteroatoms. The number of para-hydroxylation sites is 2. The predicted molar refractivity (Wildman–Crippen MR) is 116 cm³/mol. The van der Waals surface area contributed by atoms with Crippen molar-refractivity contribution in [3.63, 3.8) is 0 Å². The van der Waals surface area contributed by atoms with Gasteiger partial charge in [-0.2, -0.15) is 0 Å². The van der Waals surface area contributed by atoms with E-state index in [4.69, 9.17) is 4.74 Å². The van der Waals surface area contributed by atoms with Gasteiger partial charge in [-0.05, 0) is 49.2 Å². The molecular formula is C25H23F2N3O2. The van der Waals surface area contributed by atoms with Gasteiger partial charge in [0.2, 0.25) is 0 Å². The Labute approximate surface area is 184 Å². The lowest BCUT2D eigenvalue weighted by molar-refractivity contribution is -0.0392. The summed E-state index contributed by atoms with van der Waals surface area (Å²) in [5.41, 5.74) is 2.78. The summed E-state index contributed by atoms with van der Waals surface area (Å²) in [5.74, 6) is -1.83. The monoisotopic (exact) mass is 435 g/mol. The molecule has 0 aliphatic carbocycles. The van der Waals surface area contributed by atoms with Crippen molar-refractivity contribution in [3.8, 4) is 5.69 Å². The number of benzene rings is 2. The quantitative estimate of drug-likeness (QED) is 0.614. The molecule has 2 saturated heterocycles. The highest BCUT2D eigenvalue weighted by atomic mass is 19.1. The summed E-state index contributed by atoms with van der Waals surface area (Å²) in [6.07, 6.45) is 4.25. The Hall–Kier alpha value is -3.19. The summed E-state index contributed by atoms with van der Waals surface area (Å²) in [6.45, 7) is 1.53. The third-order valence-corrected chi connectivity index (χ3v) is 7.10. The lowest BCUT2D eigenvalue weighted by atomic mass is 9.79. The Morgan fingerprint density at radius 2 is 1.75 bits per heavy atom. The number of hydrogen-bond acceptors (Lipinski definition) is 3. The zero-order chi connectivity index (χ0) is 21.9. The van der Waals surface area contributed by atoms with Crippen molar-refractivity contribution >= 4 is 11.6 Å². The van der Waals surface area contributed by atoms with Crippen LogP contribution in [0.25, 0.3) is 5.69 Å². The Morgan fingerprint density at radius 3 is 2.53 bits per heavy atom. The number of halogens is 2. The highest BCUT2D eigenvalue weighted by molar-refractivity contribution is 5.94. The first-order valence-electron chi connectivity index (χ1n) is 10.9. The van der Waals surface area contributed by atoms with E-state index in [0.29, 0.717) is 32.5 Å². The molecule has 5 nitrogen and oxygen atoms in total. The number of carbonyl (C=O) groups is 1. The van der Waals surface area contributed by atoms with Gasteiger partial charge in [-0.3, -0.25) is 4.79 Å². The first-order valence-corrected chi connectivity index (χ1v) is 10.9. The highest BCUT2D eigenvalue weighted by Crippen LogP contribution is 2.50. The number of nitrogens with zero attached hydrogens (tertiary/aromatic N) is 2. The van der Waals surface area contributed by atoms with Crippen LogP contribution in [0.5, 0.6) is 0 Å². The number of aromatic nitrogens is 1. The van der Waals surface area contributed by atoms with E-state index in [9.17, 15) is 13.6 Å². The second kappa shape index (κ2) is 6.90. The lowest BCUT2D eigenvalue weighted by Crippen LogP contribution is -2.48. The summed E-state index contributed by atoms with van der Waals surface area (Å²) in [4.78, 5) is 14.5. The van der Waals surface area contributed by atoms with E-state index in [1.54, 1.807) is 4.90 Å². The van der Waals surface area contributed by atoms with Crippen molar-refractivity contribution in [1.29, 1.82) is 0 Å². The van der Waals surface area contributed by atoms with Crippen LogP contribution in [0.2, 0.25) is 0 Å². The number of rotatable bonds is 1. The standard InChI is InChI=1S/C25H23F2N3O2/c26-18-12-17(13-19(27)14-18)23(31)29-10-7-24(8-11-29)15-25(16-32-24)22-6-3-9-30(22)21-5-2-1-4-20(21)28-25/h1-6,9,12-14,28H,7-8,10-11,15-16H2/t25-/m1/s1. The molecule has 0 radical (unpaired) electrons. The maximum Gasteiger partial charge on any atom is 0.254 e. The lowest BCUT2D eigenvalue weighted by Gasteiger charge is -2.41. The largest absolute Gasteiger partial charge is 0.372 e. The molecule has 1 atom stereocenters. The van der Waals surface area contributed by atoms with E-state index in [2.05, 4.69) is 40.3 Å². The number of amides is 1. The molecule has 1 amide bonds. The topological polar surface area (TPSA) is 46.5 Å². The van der Waals surface area contributed by atoms with Crippen LogP contribution in [0.1, 0.15) is 35.3 Å². The number of carbonyl (C=O) groups excluding carboxylic acids is 1. The third-order valence-electron chi connectivity index (χ3n) is 7.10. The fourth-order valence-corrected chi connectivity index (χ4v) is 5.56. The number of likely N-dealkylation sites (tertiary alicyclic amines) is 1. The number of ether oxygens (including phenoxy) is 1. The normalized spacial score (nSPS) is 23.1. The molecule has 164 valence electrons. The highest BCUT2D eigenvalue weighted by Gasteiger charge is 2.54. The van der Waals surface area contributed by atoms with Crippen LogP contribution in [-0.2, 0) is 10.3 Å². The SMILES string of the molecule is O=C(c1cc(F)cc(F)c1)N1CCC2(CC1)C[C@]1(CO2)Nc2ccccc2-n2cccc21. The van der Waals surface area contributed by atoms with E-state index in [1.165, 1.54) is 5.69 Å². The molecule has 6 rings (SSSR count). The Morgan fingerprint density at radius 1 is 1.00 bits per heavy atom.